The normalized spacial score (nSPS) is 18.3. The monoisotopic (exact) mass is 330 g/mol. The molecule has 0 radical (unpaired) electrons. The maximum atomic E-state index is 11.6. The number of carbonyl (C=O) groups excluding carboxylic acids is 2. The SMILES string of the molecule is CC(C)(C)OC(=O)NCCC(=O)NCCCO[C@H]1CCCCO1. The van der Waals surface area contributed by atoms with Gasteiger partial charge in [0.1, 0.15) is 5.60 Å². The van der Waals surface area contributed by atoms with Crippen LogP contribution in [0.1, 0.15) is 52.9 Å². The Labute approximate surface area is 138 Å². The third-order valence-electron chi connectivity index (χ3n) is 3.11. The molecule has 0 unspecified atom stereocenters. The number of amides is 2. The van der Waals surface area contributed by atoms with Crippen LogP contribution in [0, 0.1) is 0 Å². The molecule has 1 fully saturated rings. The summed E-state index contributed by atoms with van der Waals surface area (Å²) >= 11 is 0. The van der Waals surface area contributed by atoms with Gasteiger partial charge in [0.05, 0.1) is 6.61 Å². The summed E-state index contributed by atoms with van der Waals surface area (Å²) in [6, 6.07) is 0. The molecule has 1 aliphatic heterocycles. The van der Waals surface area contributed by atoms with E-state index in [1.54, 1.807) is 20.8 Å². The Kier molecular flexibility index (Phi) is 8.94. The molecule has 0 bridgehead atoms. The number of carbonyl (C=O) groups is 2. The second kappa shape index (κ2) is 10.4. The van der Waals surface area contributed by atoms with Crippen LogP contribution < -0.4 is 10.6 Å². The van der Waals surface area contributed by atoms with E-state index in [-0.39, 0.29) is 25.2 Å². The number of ether oxygens (including phenoxy) is 3. The Morgan fingerprint density at radius 2 is 1.96 bits per heavy atom. The molecular weight excluding hydrogens is 300 g/mol. The summed E-state index contributed by atoms with van der Waals surface area (Å²) in [6.45, 7) is 7.53. The van der Waals surface area contributed by atoms with Crippen molar-refractivity contribution in [3.63, 3.8) is 0 Å². The lowest BCUT2D eigenvalue weighted by Crippen LogP contribution is -2.35. The first-order valence-electron chi connectivity index (χ1n) is 8.33. The molecule has 0 aromatic carbocycles. The van der Waals surface area contributed by atoms with Crippen molar-refractivity contribution in [1.82, 2.24) is 10.6 Å². The van der Waals surface area contributed by atoms with E-state index >= 15 is 0 Å². The third kappa shape index (κ3) is 10.9. The standard InChI is InChI=1S/C16H30N2O5/c1-16(2,3)23-15(20)18-10-8-13(19)17-9-6-12-22-14-7-4-5-11-21-14/h14H,4-12H2,1-3H3,(H,17,19)(H,18,20)/t14-/m0/s1. The smallest absolute Gasteiger partial charge is 0.407 e. The molecule has 0 aromatic heterocycles. The molecule has 7 nitrogen and oxygen atoms in total. The molecule has 1 saturated heterocycles. The molecule has 2 amide bonds. The van der Waals surface area contributed by atoms with Crippen LogP contribution in [0.3, 0.4) is 0 Å². The van der Waals surface area contributed by atoms with Crippen LogP contribution in [0.5, 0.6) is 0 Å². The first kappa shape index (κ1) is 19.7. The van der Waals surface area contributed by atoms with Crippen molar-refractivity contribution in [2.24, 2.45) is 0 Å². The van der Waals surface area contributed by atoms with Gasteiger partial charge in [0.2, 0.25) is 5.91 Å². The fourth-order valence-corrected chi connectivity index (χ4v) is 2.04. The molecule has 1 atom stereocenters. The average molecular weight is 330 g/mol. The first-order chi connectivity index (χ1) is 10.9. The van der Waals surface area contributed by atoms with E-state index < -0.39 is 11.7 Å². The van der Waals surface area contributed by atoms with Crippen molar-refractivity contribution in [2.45, 2.75) is 64.8 Å². The highest BCUT2D eigenvalue weighted by atomic mass is 16.7. The van der Waals surface area contributed by atoms with Crippen LogP contribution in [0.2, 0.25) is 0 Å². The molecule has 0 aliphatic carbocycles. The third-order valence-corrected chi connectivity index (χ3v) is 3.11. The van der Waals surface area contributed by atoms with Crippen LogP contribution in [-0.2, 0) is 19.0 Å². The molecular formula is C16H30N2O5. The topological polar surface area (TPSA) is 85.9 Å². The van der Waals surface area contributed by atoms with Gasteiger partial charge >= 0.3 is 6.09 Å². The van der Waals surface area contributed by atoms with E-state index in [2.05, 4.69) is 10.6 Å². The van der Waals surface area contributed by atoms with Crippen molar-refractivity contribution >= 4 is 12.0 Å². The van der Waals surface area contributed by atoms with Gasteiger partial charge in [-0.15, -0.1) is 0 Å². The van der Waals surface area contributed by atoms with Gasteiger partial charge in [-0.25, -0.2) is 4.79 Å². The fourth-order valence-electron chi connectivity index (χ4n) is 2.04. The van der Waals surface area contributed by atoms with E-state index in [9.17, 15) is 9.59 Å². The predicted molar refractivity (Wildman–Crippen MR) is 86.0 cm³/mol. The van der Waals surface area contributed by atoms with Gasteiger partial charge in [-0.1, -0.05) is 0 Å². The van der Waals surface area contributed by atoms with Gasteiger partial charge in [-0.3, -0.25) is 4.79 Å². The van der Waals surface area contributed by atoms with Gasteiger partial charge in [-0.2, -0.15) is 0 Å². The van der Waals surface area contributed by atoms with Crippen molar-refractivity contribution in [3.05, 3.63) is 0 Å². The highest BCUT2D eigenvalue weighted by Gasteiger charge is 2.16. The van der Waals surface area contributed by atoms with Gasteiger partial charge in [0.15, 0.2) is 6.29 Å². The van der Waals surface area contributed by atoms with Crippen LogP contribution in [0.15, 0.2) is 0 Å². The highest BCUT2D eigenvalue weighted by Crippen LogP contribution is 2.13. The minimum absolute atomic E-state index is 0.0857. The second-order valence-corrected chi connectivity index (χ2v) is 6.55. The molecule has 134 valence electrons. The summed E-state index contributed by atoms with van der Waals surface area (Å²) < 4.78 is 16.1. The lowest BCUT2D eigenvalue weighted by Gasteiger charge is -2.22. The lowest BCUT2D eigenvalue weighted by molar-refractivity contribution is -0.162. The molecule has 1 rings (SSSR count). The zero-order valence-corrected chi connectivity index (χ0v) is 14.5. The molecule has 7 heteroatoms. The maximum absolute atomic E-state index is 11.6. The zero-order valence-electron chi connectivity index (χ0n) is 14.5. The van der Waals surface area contributed by atoms with E-state index in [0.717, 1.165) is 32.3 Å². The zero-order chi connectivity index (χ0) is 17.1. The van der Waals surface area contributed by atoms with Crippen LogP contribution in [-0.4, -0.2) is 50.2 Å². The Bertz CT molecular complexity index is 362. The molecule has 1 aliphatic rings. The van der Waals surface area contributed by atoms with E-state index in [1.807, 2.05) is 0 Å². The first-order valence-corrected chi connectivity index (χ1v) is 8.33. The van der Waals surface area contributed by atoms with Crippen molar-refractivity contribution < 1.29 is 23.8 Å². The summed E-state index contributed by atoms with van der Waals surface area (Å²) in [4.78, 5) is 23.0. The molecule has 0 spiro atoms. The number of nitrogens with one attached hydrogen (secondary N) is 2. The minimum atomic E-state index is -0.533. The van der Waals surface area contributed by atoms with Crippen LogP contribution >= 0.6 is 0 Å². The van der Waals surface area contributed by atoms with Gasteiger partial charge < -0.3 is 24.8 Å². The van der Waals surface area contributed by atoms with E-state index in [4.69, 9.17) is 14.2 Å². The Balaban J connectivity index is 1.94. The number of rotatable bonds is 8. The van der Waals surface area contributed by atoms with Gasteiger partial charge in [-0.05, 0) is 46.5 Å². The Morgan fingerprint density at radius 3 is 2.61 bits per heavy atom. The minimum Gasteiger partial charge on any atom is -0.444 e. The summed E-state index contributed by atoms with van der Waals surface area (Å²) in [6.07, 6.45) is 3.57. The molecule has 1 heterocycles. The number of alkyl carbamates (subject to hydrolysis) is 1. The van der Waals surface area contributed by atoms with Gasteiger partial charge in [0, 0.05) is 26.1 Å². The van der Waals surface area contributed by atoms with Gasteiger partial charge in [0.25, 0.3) is 0 Å². The number of hydrogen-bond acceptors (Lipinski definition) is 5. The predicted octanol–water partition coefficient (Wildman–Crippen LogP) is 1.95. The molecule has 0 saturated carbocycles. The van der Waals surface area contributed by atoms with Crippen molar-refractivity contribution in [1.29, 1.82) is 0 Å². The maximum Gasteiger partial charge on any atom is 0.407 e. The van der Waals surface area contributed by atoms with Crippen LogP contribution in [0.4, 0.5) is 4.79 Å². The van der Waals surface area contributed by atoms with Crippen molar-refractivity contribution in [3.8, 4) is 0 Å². The van der Waals surface area contributed by atoms with E-state index in [0.29, 0.717) is 13.2 Å². The summed E-state index contributed by atoms with van der Waals surface area (Å²) in [5.74, 6) is -0.102. The Morgan fingerprint density at radius 1 is 1.17 bits per heavy atom. The van der Waals surface area contributed by atoms with Crippen LogP contribution in [0.25, 0.3) is 0 Å². The highest BCUT2D eigenvalue weighted by molar-refractivity contribution is 5.76. The second-order valence-electron chi connectivity index (χ2n) is 6.55. The molecule has 2 N–H and O–H groups in total. The van der Waals surface area contributed by atoms with Crippen molar-refractivity contribution in [2.75, 3.05) is 26.3 Å². The Hall–Kier alpha value is -1.34. The number of hydrogen-bond donors (Lipinski definition) is 2. The summed E-state index contributed by atoms with van der Waals surface area (Å²) in [5.41, 5.74) is -0.533. The summed E-state index contributed by atoms with van der Waals surface area (Å²) in [7, 11) is 0. The lowest BCUT2D eigenvalue weighted by atomic mass is 10.2. The fraction of sp³-hybridized carbons (Fsp3) is 0.875. The largest absolute Gasteiger partial charge is 0.444 e. The summed E-state index contributed by atoms with van der Waals surface area (Å²) in [5, 5.41) is 5.34. The molecule has 23 heavy (non-hydrogen) atoms. The van der Waals surface area contributed by atoms with E-state index in [1.165, 1.54) is 0 Å². The average Bonchev–Trinajstić information content (AvgIpc) is 2.46. The molecule has 0 aromatic rings. The quantitative estimate of drug-likeness (QED) is 0.664.